The van der Waals surface area contributed by atoms with Gasteiger partial charge < -0.3 is 9.72 Å². The summed E-state index contributed by atoms with van der Waals surface area (Å²) in [7, 11) is 0. The van der Waals surface area contributed by atoms with Gasteiger partial charge in [0.25, 0.3) is 5.56 Å². The molecule has 1 fully saturated rings. The van der Waals surface area contributed by atoms with Crippen molar-refractivity contribution in [3.05, 3.63) is 27.4 Å². The number of nitrogens with zero attached hydrogens (tertiary/aromatic N) is 1. The first kappa shape index (κ1) is 11.9. The minimum absolute atomic E-state index is 0.0541. The summed E-state index contributed by atoms with van der Waals surface area (Å²) in [5.41, 5.74) is 1.62. The van der Waals surface area contributed by atoms with E-state index in [-0.39, 0.29) is 11.2 Å². The van der Waals surface area contributed by atoms with Crippen molar-refractivity contribution in [3.63, 3.8) is 0 Å². The number of ether oxygens (including phenoxy) is 1. The number of fused-ring (bicyclic) bond motifs is 1. The van der Waals surface area contributed by atoms with Gasteiger partial charge in [-0.2, -0.15) is 0 Å². The zero-order valence-electron chi connectivity index (χ0n) is 10.9. The summed E-state index contributed by atoms with van der Waals surface area (Å²) in [6.45, 7) is 2.67. The van der Waals surface area contributed by atoms with Crippen LogP contribution in [0.1, 0.15) is 56.1 Å². The predicted octanol–water partition coefficient (Wildman–Crippen LogP) is 2.06. The number of hydrogen-bond acceptors (Lipinski definition) is 3. The van der Waals surface area contributed by atoms with Crippen molar-refractivity contribution in [1.82, 2.24) is 9.97 Å². The van der Waals surface area contributed by atoms with Gasteiger partial charge >= 0.3 is 0 Å². The highest BCUT2D eigenvalue weighted by molar-refractivity contribution is 5.24. The predicted molar refractivity (Wildman–Crippen MR) is 68.7 cm³/mol. The van der Waals surface area contributed by atoms with Crippen molar-refractivity contribution in [1.29, 1.82) is 0 Å². The monoisotopic (exact) mass is 248 g/mol. The van der Waals surface area contributed by atoms with Gasteiger partial charge in [0.05, 0.1) is 5.69 Å². The topological polar surface area (TPSA) is 55.0 Å². The minimum atomic E-state index is -0.328. The lowest BCUT2D eigenvalue weighted by molar-refractivity contribution is -0.0460. The van der Waals surface area contributed by atoms with Gasteiger partial charge in [-0.15, -0.1) is 0 Å². The molecule has 3 rings (SSSR count). The van der Waals surface area contributed by atoms with Crippen LogP contribution >= 0.6 is 0 Å². The summed E-state index contributed by atoms with van der Waals surface area (Å²) < 4.78 is 5.96. The fourth-order valence-electron chi connectivity index (χ4n) is 3.33. The molecule has 0 aliphatic heterocycles. The van der Waals surface area contributed by atoms with E-state index in [0.717, 1.165) is 62.0 Å². The Hall–Kier alpha value is -1.16. The third kappa shape index (κ3) is 1.79. The lowest BCUT2D eigenvalue weighted by Gasteiger charge is -2.28. The number of H-pyrrole nitrogens is 1. The van der Waals surface area contributed by atoms with Crippen LogP contribution in [0, 0.1) is 0 Å². The van der Waals surface area contributed by atoms with E-state index in [4.69, 9.17) is 9.72 Å². The quantitative estimate of drug-likeness (QED) is 0.890. The van der Waals surface area contributed by atoms with Crippen molar-refractivity contribution in [2.75, 3.05) is 6.61 Å². The Labute approximate surface area is 107 Å². The van der Waals surface area contributed by atoms with Gasteiger partial charge in [-0.25, -0.2) is 4.98 Å². The summed E-state index contributed by atoms with van der Waals surface area (Å²) in [6.07, 6.45) is 7.12. The number of nitrogens with one attached hydrogen (secondary N) is 1. The summed E-state index contributed by atoms with van der Waals surface area (Å²) in [5, 5.41) is 0. The maximum absolute atomic E-state index is 12.1. The third-order valence-corrected chi connectivity index (χ3v) is 4.20. The average molecular weight is 248 g/mol. The smallest absolute Gasteiger partial charge is 0.254 e. The van der Waals surface area contributed by atoms with Crippen LogP contribution in [0.4, 0.5) is 0 Å². The van der Waals surface area contributed by atoms with Gasteiger partial charge in [0, 0.05) is 12.2 Å². The fourth-order valence-corrected chi connectivity index (χ4v) is 3.33. The molecule has 18 heavy (non-hydrogen) atoms. The molecular weight excluding hydrogens is 228 g/mol. The highest BCUT2D eigenvalue weighted by Crippen LogP contribution is 2.40. The van der Waals surface area contributed by atoms with E-state index >= 15 is 0 Å². The molecule has 0 spiro atoms. The van der Waals surface area contributed by atoms with Gasteiger partial charge in [0.1, 0.15) is 11.4 Å². The normalized spacial score (nSPS) is 21.2. The van der Waals surface area contributed by atoms with Crippen molar-refractivity contribution in [2.45, 2.75) is 57.5 Å². The highest BCUT2D eigenvalue weighted by atomic mass is 16.5. The third-order valence-electron chi connectivity index (χ3n) is 4.20. The molecule has 0 radical (unpaired) electrons. The molecule has 1 aromatic rings. The Morgan fingerprint density at radius 3 is 2.78 bits per heavy atom. The molecule has 0 atom stereocenters. The van der Waals surface area contributed by atoms with Crippen molar-refractivity contribution >= 4 is 0 Å². The summed E-state index contributed by atoms with van der Waals surface area (Å²) in [6, 6.07) is 0. The lowest BCUT2D eigenvalue weighted by Crippen LogP contribution is -2.32. The molecule has 4 nitrogen and oxygen atoms in total. The second kappa shape index (κ2) is 4.50. The standard InChI is InChI=1S/C14H20N2O2/c1-2-18-14(8-3-4-9-14)13-15-11-7-5-6-10(11)12(17)16-13/h2-9H2,1H3,(H,15,16,17). The Kier molecular flexibility index (Phi) is 2.98. The van der Waals surface area contributed by atoms with E-state index < -0.39 is 0 Å². The number of aromatic amines is 1. The van der Waals surface area contributed by atoms with Gasteiger partial charge in [-0.05, 0) is 51.9 Å². The van der Waals surface area contributed by atoms with E-state index in [1.807, 2.05) is 6.92 Å². The molecule has 2 aliphatic rings. The van der Waals surface area contributed by atoms with E-state index in [2.05, 4.69) is 4.98 Å². The molecule has 0 amide bonds. The van der Waals surface area contributed by atoms with Crippen molar-refractivity contribution in [3.8, 4) is 0 Å². The van der Waals surface area contributed by atoms with Crippen LogP contribution in [-0.2, 0) is 23.2 Å². The van der Waals surface area contributed by atoms with Crippen LogP contribution < -0.4 is 5.56 Å². The SMILES string of the molecule is CCOC1(c2nc3c(c(=O)[nH]2)CCC3)CCCC1. The van der Waals surface area contributed by atoms with Crippen molar-refractivity contribution < 1.29 is 4.74 Å². The molecular formula is C14H20N2O2. The van der Waals surface area contributed by atoms with Gasteiger partial charge in [-0.1, -0.05) is 0 Å². The van der Waals surface area contributed by atoms with Gasteiger partial charge in [-0.3, -0.25) is 4.79 Å². The fraction of sp³-hybridized carbons (Fsp3) is 0.714. The van der Waals surface area contributed by atoms with Crippen LogP contribution in [-0.4, -0.2) is 16.6 Å². The molecule has 1 saturated carbocycles. The minimum Gasteiger partial charge on any atom is -0.367 e. The van der Waals surface area contributed by atoms with E-state index in [1.54, 1.807) is 0 Å². The molecule has 1 N–H and O–H groups in total. The Morgan fingerprint density at radius 2 is 2.06 bits per heavy atom. The summed E-state index contributed by atoms with van der Waals surface area (Å²) in [4.78, 5) is 19.8. The molecule has 98 valence electrons. The molecule has 0 bridgehead atoms. The van der Waals surface area contributed by atoms with Crippen LogP contribution in [0.25, 0.3) is 0 Å². The zero-order valence-corrected chi connectivity index (χ0v) is 10.9. The second-order valence-electron chi connectivity index (χ2n) is 5.33. The molecule has 2 aliphatic carbocycles. The van der Waals surface area contributed by atoms with E-state index in [9.17, 15) is 4.79 Å². The van der Waals surface area contributed by atoms with Gasteiger partial charge in [0.2, 0.25) is 0 Å². The molecule has 4 heteroatoms. The number of aryl methyl sites for hydroxylation is 1. The van der Waals surface area contributed by atoms with Gasteiger partial charge in [0.15, 0.2) is 0 Å². The number of aromatic nitrogens is 2. The average Bonchev–Trinajstić information content (AvgIpc) is 2.98. The largest absolute Gasteiger partial charge is 0.367 e. The zero-order chi connectivity index (χ0) is 12.6. The molecule has 0 unspecified atom stereocenters. The molecule has 0 aromatic carbocycles. The van der Waals surface area contributed by atoms with E-state index in [0.29, 0.717) is 6.61 Å². The molecule has 1 heterocycles. The number of rotatable bonds is 3. The first-order valence-corrected chi connectivity index (χ1v) is 7.02. The Balaban J connectivity index is 2.05. The molecule has 0 saturated heterocycles. The molecule has 1 aromatic heterocycles. The first-order chi connectivity index (χ1) is 8.75. The van der Waals surface area contributed by atoms with E-state index in [1.165, 1.54) is 0 Å². The maximum Gasteiger partial charge on any atom is 0.254 e. The van der Waals surface area contributed by atoms with Crippen LogP contribution in [0.15, 0.2) is 4.79 Å². The van der Waals surface area contributed by atoms with Crippen molar-refractivity contribution in [2.24, 2.45) is 0 Å². The lowest BCUT2D eigenvalue weighted by atomic mass is 10.0. The maximum atomic E-state index is 12.1. The van der Waals surface area contributed by atoms with Crippen LogP contribution in [0.2, 0.25) is 0 Å². The summed E-state index contributed by atoms with van der Waals surface area (Å²) >= 11 is 0. The van der Waals surface area contributed by atoms with Crippen LogP contribution in [0.3, 0.4) is 0 Å². The van der Waals surface area contributed by atoms with Crippen LogP contribution in [0.5, 0.6) is 0 Å². The Morgan fingerprint density at radius 1 is 1.28 bits per heavy atom. The number of hydrogen-bond donors (Lipinski definition) is 1. The summed E-state index contributed by atoms with van der Waals surface area (Å²) in [5.74, 6) is 0.771. The Bertz CT molecular complexity index is 501. The highest BCUT2D eigenvalue weighted by Gasteiger charge is 2.39. The second-order valence-corrected chi connectivity index (χ2v) is 5.33. The first-order valence-electron chi connectivity index (χ1n) is 7.02.